The molecule has 1 unspecified atom stereocenters. The Morgan fingerprint density at radius 2 is 1.94 bits per heavy atom. The largest absolute Gasteiger partial charge is 0.310 e. The number of rotatable bonds is 5. The standard InChI is InChI=1S/C13H19F2N/c1-4-13(16-8-9(2)3)11-6-5-10(14)7-12(11)15/h5-7,9,13,16H,4,8H2,1-3H3. The van der Waals surface area contributed by atoms with Gasteiger partial charge in [0.25, 0.3) is 0 Å². The highest BCUT2D eigenvalue weighted by Gasteiger charge is 2.14. The van der Waals surface area contributed by atoms with Crippen LogP contribution in [0, 0.1) is 17.6 Å². The van der Waals surface area contributed by atoms with Crippen LogP contribution < -0.4 is 5.32 Å². The van der Waals surface area contributed by atoms with Crippen LogP contribution in [0.15, 0.2) is 18.2 Å². The second-order valence-electron chi connectivity index (χ2n) is 4.43. The van der Waals surface area contributed by atoms with Gasteiger partial charge < -0.3 is 5.32 Å². The molecule has 0 radical (unpaired) electrons. The topological polar surface area (TPSA) is 12.0 Å². The fourth-order valence-electron chi connectivity index (χ4n) is 1.64. The molecule has 1 rings (SSSR count). The van der Waals surface area contributed by atoms with Gasteiger partial charge in [-0.1, -0.05) is 26.8 Å². The van der Waals surface area contributed by atoms with Crippen molar-refractivity contribution in [2.75, 3.05) is 6.54 Å². The highest BCUT2D eigenvalue weighted by molar-refractivity contribution is 5.22. The SMILES string of the molecule is CCC(NCC(C)C)c1ccc(F)cc1F. The number of halogens is 2. The fourth-order valence-corrected chi connectivity index (χ4v) is 1.64. The Morgan fingerprint density at radius 1 is 1.25 bits per heavy atom. The van der Waals surface area contributed by atoms with E-state index in [4.69, 9.17) is 0 Å². The molecule has 0 saturated carbocycles. The molecule has 0 spiro atoms. The van der Waals surface area contributed by atoms with E-state index in [2.05, 4.69) is 19.2 Å². The third-order valence-electron chi connectivity index (χ3n) is 2.52. The first-order chi connectivity index (χ1) is 7.54. The van der Waals surface area contributed by atoms with E-state index in [0.717, 1.165) is 19.0 Å². The van der Waals surface area contributed by atoms with E-state index in [-0.39, 0.29) is 6.04 Å². The van der Waals surface area contributed by atoms with Crippen molar-refractivity contribution in [3.8, 4) is 0 Å². The molecule has 0 amide bonds. The predicted octanol–water partition coefficient (Wildman–Crippen LogP) is 3.66. The van der Waals surface area contributed by atoms with Gasteiger partial charge in [0.15, 0.2) is 0 Å². The molecule has 0 aliphatic carbocycles. The van der Waals surface area contributed by atoms with E-state index in [0.29, 0.717) is 11.5 Å². The molecule has 0 fully saturated rings. The van der Waals surface area contributed by atoms with E-state index >= 15 is 0 Å². The number of hydrogen-bond donors (Lipinski definition) is 1. The van der Waals surface area contributed by atoms with Gasteiger partial charge in [-0.3, -0.25) is 0 Å². The van der Waals surface area contributed by atoms with Gasteiger partial charge in [-0.05, 0) is 24.9 Å². The van der Waals surface area contributed by atoms with Crippen molar-refractivity contribution in [2.45, 2.75) is 33.2 Å². The Balaban J connectivity index is 2.78. The molecular weight excluding hydrogens is 208 g/mol. The van der Waals surface area contributed by atoms with Crippen LogP contribution in [0.3, 0.4) is 0 Å². The number of hydrogen-bond acceptors (Lipinski definition) is 1. The van der Waals surface area contributed by atoms with Crippen molar-refractivity contribution in [3.05, 3.63) is 35.4 Å². The minimum Gasteiger partial charge on any atom is -0.310 e. The van der Waals surface area contributed by atoms with E-state index in [1.54, 1.807) is 0 Å². The summed E-state index contributed by atoms with van der Waals surface area (Å²) in [6.45, 7) is 7.01. The summed E-state index contributed by atoms with van der Waals surface area (Å²) in [6, 6.07) is 3.72. The van der Waals surface area contributed by atoms with Gasteiger partial charge in [0.1, 0.15) is 11.6 Å². The van der Waals surface area contributed by atoms with E-state index in [9.17, 15) is 8.78 Å². The summed E-state index contributed by atoms with van der Waals surface area (Å²) in [6.07, 6.45) is 0.787. The first kappa shape index (κ1) is 13.1. The molecule has 90 valence electrons. The average molecular weight is 227 g/mol. The summed E-state index contributed by atoms with van der Waals surface area (Å²) in [5, 5.41) is 3.28. The molecule has 0 aliphatic rings. The lowest BCUT2D eigenvalue weighted by Crippen LogP contribution is -2.25. The van der Waals surface area contributed by atoms with Gasteiger partial charge in [-0.15, -0.1) is 0 Å². The molecule has 0 bridgehead atoms. The zero-order chi connectivity index (χ0) is 12.1. The van der Waals surface area contributed by atoms with E-state index in [1.807, 2.05) is 6.92 Å². The maximum absolute atomic E-state index is 13.5. The fraction of sp³-hybridized carbons (Fsp3) is 0.538. The lowest BCUT2D eigenvalue weighted by atomic mass is 10.0. The lowest BCUT2D eigenvalue weighted by Gasteiger charge is -2.19. The highest BCUT2D eigenvalue weighted by atomic mass is 19.1. The maximum atomic E-state index is 13.5. The van der Waals surface area contributed by atoms with Crippen LogP contribution in [0.25, 0.3) is 0 Å². The van der Waals surface area contributed by atoms with Gasteiger partial charge in [-0.2, -0.15) is 0 Å². The predicted molar refractivity (Wildman–Crippen MR) is 62.2 cm³/mol. The van der Waals surface area contributed by atoms with Crippen LogP contribution in [0.2, 0.25) is 0 Å². The quantitative estimate of drug-likeness (QED) is 0.809. The Bertz CT molecular complexity index is 337. The van der Waals surface area contributed by atoms with Crippen molar-refractivity contribution in [2.24, 2.45) is 5.92 Å². The van der Waals surface area contributed by atoms with E-state index < -0.39 is 11.6 Å². The number of benzene rings is 1. The molecule has 0 saturated heterocycles. The van der Waals surface area contributed by atoms with E-state index in [1.165, 1.54) is 12.1 Å². The summed E-state index contributed by atoms with van der Waals surface area (Å²) < 4.78 is 26.3. The minimum atomic E-state index is -0.528. The Kier molecular flexibility index (Phi) is 4.87. The summed E-state index contributed by atoms with van der Waals surface area (Å²) in [4.78, 5) is 0. The third-order valence-corrected chi connectivity index (χ3v) is 2.52. The Labute approximate surface area is 95.9 Å². The smallest absolute Gasteiger partial charge is 0.130 e. The zero-order valence-corrected chi connectivity index (χ0v) is 10.1. The van der Waals surface area contributed by atoms with Crippen LogP contribution >= 0.6 is 0 Å². The van der Waals surface area contributed by atoms with Crippen LogP contribution in [-0.4, -0.2) is 6.54 Å². The Hall–Kier alpha value is -0.960. The third kappa shape index (κ3) is 3.56. The second-order valence-corrected chi connectivity index (χ2v) is 4.43. The van der Waals surface area contributed by atoms with Gasteiger partial charge >= 0.3 is 0 Å². The van der Waals surface area contributed by atoms with Crippen LogP contribution in [0.1, 0.15) is 38.8 Å². The van der Waals surface area contributed by atoms with Gasteiger partial charge in [0, 0.05) is 17.7 Å². The monoisotopic (exact) mass is 227 g/mol. The summed E-state index contributed by atoms with van der Waals surface area (Å²) in [5.41, 5.74) is 0.546. The molecule has 1 atom stereocenters. The lowest BCUT2D eigenvalue weighted by molar-refractivity contribution is 0.446. The van der Waals surface area contributed by atoms with Gasteiger partial charge in [0.05, 0.1) is 0 Å². The van der Waals surface area contributed by atoms with Crippen LogP contribution in [0.4, 0.5) is 8.78 Å². The summed E-state index contributed by atoms with van der Waals surface area (Å²) in [5.74, 6) is -0.486. The molecule has 0 heterocycles. The van der Waals surface area contributed by atoms with Crippen LogP contribution in [-0.2, 0) is 0 Å². The zero-order valence-electron chi connectivity index (χ0n) is 10.1. The maximum Gasteiger partial charge on any atom is 0.130 e. The number of nitrogens with one attached hydrogen (secondary N) is 1. The van der Waals surface area contributed by atoms with Gasteiger partial charge in [-0.25, -0.2) is 8.78 Å². The molecule has 1 aromatic rings. The second kappa shape index (κ2) is 5.94. The molecule has 3 heteroatoms. The van der Waals surface area contributed by atoms with Crippen molar-refractivity contribution in [3.63, 3.8) is 0 Å². The molecule has 1 nitrogen and oxygen atoms in total. The average Bonchev–Trinajstić information content (AvgIpc) is 2.21. The van der Waals surface area contributed by atoms with Gasteiger partial charge in [0.2, 0.25) is 0 Å². The van der Waals surface area contributed by atoms with Crippen molar-refractivity contribution >= 4 is 0 Å². The summed E-state index contributed by atoms with van der Waals surface area (Å²) in [7, 11) is 0. The first-order valence-electron chi connectivity index (χ1n) is 5.73. The Morgan fingerprint density at radius 3 is 2.44 bits per heavy atom. The molecule has 16 heavy (non-hydrogen) atoms. The highest BCUT2D eigenvalue weighted by Crippen LogP contribution is 2.20. The minimum absolute atomic E-state index is 0.0389. The normalized spacial score (nSPS) is 13.1. The molecular formula is C13H19F2N. The first-order valence-corrected chi connectivity index (χ1v) is 5.73. The molecule has 0 aliphatic heterocycles. The van der Waals surface area contributed by atoms with Crippen LogP contribution in [0.5, 0.6) is 0 Å². The summed E-state index contributed by atoms with van der Waals surface area (Å²) >= 11 is 0. The molecule has 1 N–H and O–H groups in total. The molecule has 1 aromatic carbocycles. The van der Waals surface area contributed by atoms with Crippen molar-refractivity contribution < 1.29 is 8.78 Å². The van der Waals surface area contributed by atoms with Crippen molar-refractivity contribution in [1.82, 2.24) is 5.32 Å². The molecule has 0 aromatic heterocycles. The van der Waals surface area contributed by atoms with Crippen molar-refractivity contribution in [1.29, 1.82) is 0 Å².